The Morgan fingerprint density at radius 1 is 1.05 bits per heavy atom. The number of nitrogens with zero attached hydrogens (tertiary/aromatic N) is 4. The summed E-state index contributed by atoms with van der Waals surface area (Å²) in [6.07, 6.45) is 13.0. The van der Waals surface area contributed by atoms with E-state index < -0.39 is 9.84 Å². The van der Waals surface area contributed by atoms with Gasteiger partial charge in [-0.05, 0) is 75.9 Å². The first-order chi connectivity index (χ1) is 20.8. The zero-order chi connectivity index (χ0) is 30.2. The smallest absolute Gasteiger partial charge is 0.147 e. The zero-order valence-electron chi connectivity index (χ0n) is 26.1. The normalized spacial score (nSPS) is 17.7. The largest absolute Gasteiger partial charge is 0.494 e. The first-order valence-electron chi connectivity index (χ1n) is 15.9. The summed E-state index contributed by atoms with van der Waals surface area (Å²) < 4.78 is 28.3. The number of aryl methyl sites for hydroxylation is 1. The number of ether oxygens (including phenoxy) is 1. The van der Waals surface area contributed by atoms with Gasteiger partial charge in [0.2, 0.25) is 0 Å². The van der Waals surface area contributed by atoms with Gasteiger partial charge in [-0.25, -0.2) is 18.4 Å². The maximum atomic E-state index is 11.2. The van der Waals surface area contributed by atoms with Gasteiger partial charge in [-0.3, -0.25) is 0 Å². The number of hydrogen-bond donors (Lipinski definition) is 3. The van der Waals surface area contributed by atoms with Crippen LogP contribution in [0, 0.1) is 5.92 Å². The summed E-state index contributed by atoms with van der Waals surface area (Å²) in [5.74, 6) is 2.58. The highest BCUT2D eigenvalue weighted by molar-refractivity contribution is 7.90. The SMILES string of the molecule is COc1cc(N2CCN(C)CC2)ccc1Nc1ncnc2[nH]c3c(c12)CC(CCCCCCNCCCS(C)(=O)=O)CC3. The van der Waals surface area contributed by atoms with Gasteiger partial charge in [0.25, 0.3) is 0 Å². The molecule has 10 nitrogen and oxygen atoms in total. The first-order valence-corrected chi connectivity index (χ1v) is 18.0. The van der Waals surface area contributed by atoms with Crippen LogP contribution in [-0.4, -0.2) is 93.7 Å². The number of likely N-dealkylation sites (N-methyl/N-ethyl adjacent to an activating group) is 1. The highest BCUT2D eigenvalue weighted by atomic mass is 32.2. The van der Waals surface area contributed by atoms with E-state index in [0.29, 0.717) is 12.3 Å². The topological polar surface area (TPSA) is 115 Å². The zero-order valence-corrected chi connectivity index (χ0v) is 26.9. The van der Waals surface area contributed by atoms with Crippen LogP contribution in [0.5, 0.6) is 5.75 Å². The predicted molar refractivity (Wildman–Crippen MR) is 176 cm³/mol. The number of piperazine rings is 1. The molecular formula is C32H49N7O3S. The number of methoxy groups -OCH3 is 1. The number of rotatable bonds is 15. The molecule has 0 spiro atoms. The van der Waals surface area contributed by atoms with Gasteiger partial charge in [0, 0.05) is 49.9 Å². The van der Waals surface area contributed by atoms with Gasteiger partial charge in [0.1, 0.15) is 33.4 Å². The van der Waals surface area contributed by atoms with E-state index in [1.807, 2.05) is 0 Å². The number of unbranched alkanes of at least 4 members (excludes halogenated alkanes) is 3. The Kier molecular flexibility index (Phi) is 10.8. The molecule has 0 radical (unpaired) electrons. The molecule has 3 aromatic rings. The lowest BCUT2D eigenvalue weighted by atomic mass is 9.83. The van der Waals surface area contributed by atoms with Crippen LogP contribution in [-0.2, 0) is 22.7 Å². The van der Waals surface area contributed by atoms with E-state index in [0.717, 1.165) is 86.8 Å². The molecule has 1 fully saturated rings. The molecule has 1 saturated heterocycles. The number of hydrogen-bond acceptors (Lipinski definition) is 9. The average molecular weight is 612 g/mol. The number of benzene rings is 1. The van der Waals surface area contributed by atoms with Crippen molar-refractivity contribution in [3.8, 4) is 5.75 Å². The fourth-order valence-electron chi connectivity index (χ4n) is 6.45. The van der Waals surface area contributed by atoms with E-state index in [-0.39, 0.29) is 5.75 Å². The second-order valence-corrected chi connectivity index (χ2v) is 14.6. The minimum absolute atomic E-state index is 0.266. The van der Waals surface area contributed by atoms with Crippen molar-refractivity contribution in [1.29, 1.82) is 0 Å². The van der Waals surface area contributed by atoms with Crippen LogP contribution in [0.15, 0.2) is 24.5 Å². The third kappa shape index (κ3) is 8.61. The number of nitrogens with one attached hydrogen (secondary N) is 3. The standard InChI is InChI=1S/C32H49N7O3S/c1-38-16-18-39(19-17-38)25-11-13-28(29(22-25)42-2)37-32-30-26-21-24(10-12-27(26)36-31(30)34-23-35-32)9-6-4-5-7-14-33-15-8-20-43(3,40)41/h11,13,22-24,33H,4-10,12,14-21H2,1-3H3,(H2,34,35,36,37). The Morgan fingerprint density at radius 2 is 1.84 bits per heavy atom. The Balaban J connectivity index is 1.15. The van der Waals surface area contributed by atoms with Crippen LogP contribution in [0.25, 0.3) is 11.0 Å². The van der Waals surface area contributed by atoms with Crippen molar-refractivity contribution in [1.82, 2.24) is 25.2 Å². The highest BCUT2D eigenvalue weighted by Gasteiger charge is 2.25. The summed E-state index contributed by atoms with van der Waals surface area (Å²) in [7, 11) is 1.05. The Labute approximate surface area is 256 Å². The van der Waals surface area contributed by atoms with E-state index in [9.17, 15) is 8.42 Å². The summed E-state index contributed by atoms with van der Waals surface area (Å²) in [6.45, 7) is 5.90. The Bertz CT molecular complexity index is 1450. The van der Waals surface area contributed by atoms with Crippen LogP contribution in [0.2, 0.25) is 0 Å². The number of aromatic nitrogens is 3. The number of aromatic amines is 1. The van der Waals surface area contributed by atoms with Gasteiger partial charge in [0.05, 0.1) is 23.9 Å². The molecule has 1 aliphatic heterocycles. The summed E-state index contributed by atoms with van der Waals surface area (Å²) >= 11 is 0. The summed E-state index contributed by atoms with van der Waals surface area (Å²) in [5.41, 5.74) is 5.66. The number of H-pyrrole nitrogens is 1. The molecule has 1 aliphatic carbocycles. The van der Waals surface area contributed by atoms with Crippen LogP contribution < -0.4 is 20.3 Å². The van der Waals surface area contributed by atoms with Crippen molar-refractivity contribution in [3.63, 3.8) is 0 Å². The van der Waals surface area contributed by atoms with Gasteiger partial charge in [-0.2, -0.15) is 0 Å². The Hall–Kier alpha value is -2.89. The molecule has 0 amide bonds. The van der Waals surface area contributed by atoms with Gasteiger partial charge in [-0.1, -0.05) is 25.7 Å². The van der Waals surface area contributed by atoms with Crippen LogP contribution in [0.1, 0.15) is 56.2 Å². The molecule has 2 aromatic heterocycles. The van der Waals surface area contributed by atoms with Crippen molar-refractivity contribution in [2.75, 3.05) is 75.7 Å². The van der Waals surface area contributed by atoms with Crippen molar-refractivity contribution in [2.24, 2.45) is 5.92 Å². The molecule has 43 heavy (non-hydrogen) atoms. The van der Waals surface area contributed by atoms with Crippen LogP contribution in [0.3, 0.4) is 0 Å². The Morgan fingerprint density at radius 3 is 2.63 bits per heavy atom. The molecule has 3 N–H and O–H groups in total. The molecule has 1 atom stereocenters. The van der Waals surface area contributed by atoms with Crippen molar-refractivity contribution in [2.45, 2.75) is 57.8 Å². The molecule has 1 aromatic carbocycles. The molecule has 11 heteroatoms. The summed E-state index contributed by atoms with van der Waals surface area (Å²) in [5, 5.41) is 8.07. The first kappa shape index (κ1) is 31.5. The molecule has 236 valence electrons. The quantitative estimate of drug-likeness (QED) is 0.213. The second-order valence-electron chi connectivity index (χ2n) is 12.4. The average Bonchev–Trinajstić information content (AvgIpc) is 3.37. The molecular weight excluding hydrogens is 562 g/mol. The van der Waals surface area contributed by atoms with Gasteiger partial charge in [0.15, 0.2) is 0 Å². The third-order valence-electron chi connectivity index (χ3n) is 8.97. The monoisotopic (exact) mass is 611 g/mol. The molecule has 0 bridgehead atoms. The predicted octanol–water partition coefficient (Wildman–Crippen LogP) is 4.54. The number of sulfone groups is 1. The van der Waals surface area contributed by atoms with E-state index in [2.05, 4.69) is 60.6 Å². The molecule has 3 heterocycles. The van der Waals surface area contributed by atoms with Crippen molar-refractivity contribution >= 4 is 38.1 Å². The van der Waals surface area contributed by atoms with Crippen molar-refractivity contribution in [3.05, 3.63) is 35.8 Å². The third-order valence-corrected chi connectivity index (χ3v) is 10.00. The summed E-state index contributed by atoms with van der Waals surface area (Å²) in [4.78, 5) is 17.6. The number of fused-ring (bicyclic) bond motifs is 3. The minimum atomic E-state index is -2.85. The van der Waals surface area contributed by atoms with Gasteiger partial charge < -0.3 is 30.2 Å². The van der Waals surface area contributed by atoms with Crippen molar-refractivity contribution < 1.29 is 13.2 Å². The van der Waals surface area contributed by atoms with E-state index in [1.54, 1.807) is 13.4 Å². The minimum Gasteiger partial charge on any atom is -0.494 e. The van der Waals surface area contributed by atoms with Crippen LogP contribution >= 0.6 is 0 Å². The maximum Gasteiger partial charge on any atom is 0.147 e. The van der Waals surface area contributed by atoms with Gasteiger partial charge >= 0.3 is 0 Å². The fourth-order valence-corrected chi connectivity index (χ4v) is 7.12. The lowest BCUT2D eigenvalue weighted by Gasteiger charge is -2.34. The lowest BCUT2D eigenvalue weighted by molar-refractivity contribution is 0.312. The fraction of sp³-hybridized carbons (Fsp3) is 0.625. The lowest BCUT2D eigenvalue weighted by Crippen LogP contribution is -2.44. The molecule has 1 unspecified atom stereocenters. The number of anilines is 3. The molecule has 5 rings (SSSR count). The van der Waals surface area contributed by atoms with Gasteiger partial charge in [-0.15, -0.1) is 0 Å². The van der Waals surface area contributed by atoms with E-state index >= 15 is 0 Å². The highest BCUT2D eigenvalue weighted by Crippen LogP contribution is 2.38. The maximum absolute atomic E-state index is 11.2. The molecule has 0 saturated carbocycles. The van der Waals surface area contributed by atoms with E-state index in [4.69, 9.17) is 4.74 Å². The summed E-state index contributed by atoms with van der Waals surface area (Å²) in [6, 6.07) is 6.41. The molecule has 2 aliphatic rings. The van der Waals surface area contributed by atoms with E-state index in [1.165, 1.54) is 55.3 Å². The second kappa shape index (κ2) is 14.7. The van der Waals surface area contributed by atoms with Crippen LogP contribution in [0.4, 0.5) is 17.2 Å².